The zero-order valence-electron chi connectivity index (χ0n) is 20.6. The van der Waals surface area contributed by atoms with Gasteiger partial charge >= 0.3 is 0 Å². The summed E-state index contributed by atoms with van der Waals surface area (Å²) < 4.78 is 5.37. The number of carbonyl (C=O) groups excluding carboxylic acids is 3. The Morgan fingerprint density at radius 2 is 1.74 bits per heavy atom. The molecule has 0 spiro atoms. The van der Waals surface area contributed by atoms with Crippen molar-refractivity contribution in [3.63, 3.8) is 0 Å². The second-order valence-corrected chi connectivity index (χ2v) is 10.2. The number of carbonyl (C=O) groups is 3. The summed E-state index contributed by atoms with van der Waals surface area (Å²) in [6.07, 6.45) is 0.299. The number of hydrogen-bond acceptors (Lipinski definition) is 6. The number of hydrogen-bond donors (Lipinski definition) is 3. The van der Waals surface area contributed by atoms with Gasteiger partial charge in [0.05, 0.1) is 31.3 Å². The van der Waals surface area contributed by atoms with Crippen molar-refractivity contribution in [2.75, 3.05) is 26.3 Å². The summed E-state index contributed by atoms with van der Waals surface area (Å²) in [7, 11) is 0. The maximum atomic E-state index is 13.4. The lowest BCUT2D eigenvalue weighted by Gasteiger charge is -2.37. The molecule has 0 saturated carbocycles. The molecule has 2 unspecified atom stereocenters. The number of nitrogens with one attached hydrogen (secondary N) is 2. The van der Waals surface area contributed by atoms with Gasteiger partial charge in [0.25, 0.3) is 0 Å². The van der Waals surface area contributed by atoms with Gasteiger partial charge in [-0.05, 0) is 43.4 Å². The van der Waals surface area contributed by atoms with Crippen LogP contribution in [0, 0.1) is 11.3 Å². The van der Waals surface area contributed by atoms with Gasteiger partial charge in [0.1, 0.15) is 6.04 Å². The largest absolute Gasteiger partial charge is 0.379 e. The molecule has 3 amide bonds. The molecule has 1 saturated heterocycles. The number of amides is 3. The smallest absolute Gasteiger partial charge is 0.244 e. The number of nitrogens with zero attached hydrogens (tertiary/aromatic N) is 2. The first-order chi connectivity index (χ1) is 15.9. The van der Waals surface area contributed by atoms with Crippen molar-refractivity contribution < 1.29 is 24.3 Å². The molecule has 2 rings (SSSR count). The fraction of sp³-hybridized carbons (Fsp3) is 0.625. The second kappa shape index (κ2) is 12.5. The van der Waals surface area contributed by atoms with Crippen LogP contribution in [0.4, 0.5) is 0 Å². The molecule has 34 heavy (non-hydrogen) atoms. The average molecular weight is 497 g/mol. The molecule has 1 aliphatic heterocycles. The fourth-order valence-corrected chi connectivity index (χ4v) is 4.03. The summed E-state index contributed by atoms with van der Waals surface area (Å²) >= 11 is 5.97. The summed E-state index contributed by atoms with van der Waals surface area (Å²) in [5, 5.41) is 16.9. The lowest BCUT2D eigenvalue weighted by Crippen LogP contribution is -2.60. The number of hydroxylamine groups is 2. The van der Waals surface area contributed by atoms with Crippen molar-refractivity contribution >= 4 is 29.8 Å². The van der Waals surface area contributed by atoms with Crippen molar-refractivity contribution in [2.24, 2.45) is 11.3 Å². The van der Waals surface area contributed by atoms with Crippen LogP contribution in [0.1, 0.15) is 40.2 Å². The Morgan fingerprint density at radius 1 is 1.15 bits per heavy atom. The van der Waals surface area contributed by atoms with Gasteiger partial charge < -0.3 is 15.4 Å². The first kappa shape index (κ1) is 28.0. The van der Waals surface area contributed by atoms with Crippen molar-refractivity contribution in [1.82, 2.24) is 20.6 Å². The molecule has 0 aliphatic carbocycles. The second-order valence-electron chi connectivity index (χ2n) is 9.80. The first-order valence-electron chi connectivity index (χ1n) is 11.5. The van der Waals surface area contributed by atoms with Crippen LogP contribution < -0.4 is 10.6 Å². The monoisotopic (exact) mass is 496 g/mol. The molecule has 1 aromatic carbocycles. The van der Waals surface area contributed by atoms with Crippen molar-refractivity contribution in [3.05, 3.63) is 34.9 Å². The minimum Gasteiger partial charge on any atom is -0.379 e. The molecule has 1 heterocycles. The summed E-state index contributed by atoms with van der Waals surface area (Å²) in [5.41, 5.74) is 0.232. The van der Waals surface area contributed by atoms with Gasteiger partial charge in [0.2, 0.25) is 18.2 Å². The maximum Gasteiger partial charge on any atom is 0.244 e. The lowest BCUT2D eigenvalue weighted by molar-refractivity contribution is -0.166. The minimum atomic E-state index is -0.827. The highest BCUT2D eigenvalue weighted by Gasteiger charge is 2.37. The number of ether oxygens (including phenoxy) is 1. The molecule has 0 bridgehead atoms. The molecule has 0 radical (unpaired) electrons. The molecule has 3 N–H and O–H groups in total. The summed E-state index contributed by atoms with van der Waals surface area (Å²) in [6.45, 7) is 11.8. The van der Waals surface area contributed by atoms with Gasteiger partial charge in [0, 0.05) is 18.1 Å². The average Bonchev–Trinajstić information content (AvgIpc) is 2.80. The van der Waals surface area contributed by atoms with E-state index in [2.05, 4.69) is 15.5 Å². The highest BCUT2D eigenvalue weighted by atomic mass is 35.5. The Kier molecular flexibility index (Phi) is 10.3. The minimum absolute atomic E-state index is 0.218. The third-order valence-corrected chi connectivity index (χ3v) is 6.42. The van der Waals surface area contributed by atoms with Crippen molar-refractivity contribution in [1.29, 1.82) is 0 Å². The molecular formula is C24H37ClN4O5. The van der Waals surface area contributed by atoms with E-state index in [1.54, 1.807) is 31.2 Å². The summed E-state index contributed by atoms with van der Waals surface area (Å²) in [6, 6.07) is 5.36. The van der Waals surface area contributed by atoms with Crippen LogP contribution in [0.5, 0.6) is 0 Å². The number of halogens is 1. The number of benzene rings is 1. The topological polar surface area (TPSA) is 111 Å². The molecular weight excluding hydrogens is 460 g/mol. The highest BCUT2D eigenvalue weighted by molar-refractivity contribution is 6.30. The highest BCUT2D eigenvalue weighted by Crippen LogP contribution is 2.23. The van der Waals surface area contributed by atoms with E-state index in [0.29, 0.717) is 36.4 Å². The Labute approximate surface area is 206 Å². The van der Waals surface area contributed by atoms with Crippen molar-refractivity contribution in [3.8, 4) is 0 Å². The molecule has 9 nitrogen and oxygen atoms in total. The molecule has 1 fully saturated rings. The van der Waals surface area contributed by atoms with Crippen LogP contribution in [0.25, 0.3) is 0 Å². The maximum absolute atomic E-state index is 13.4. The quantitative estimate of drug-likeness (QED) is 0.260. The van der Waals surface area contributed by atoms with Crippen LogP contribution in [0.3, 0.4) is 0 Å². The lowest BCUT2D eigenvalue weighted by atomic mass is 9.84. The van der Waals surface area contributed by atoms with E-state index >= 15 is 0 Å². The van der Waals surface area contributed by atoms with E-state index in [9.17, 15) is 19.6 Å². The molecule has 1 aliphatic rings. The van der Waals surface area contributed by atoms with Gasteiger partial charge in [-0.3, -0.25) is 24.5 Å². The third kappa shape index (κ3) is 7.94. The summed E-state index contributed by atoms with van der Waals surface area (Å²) in [5.74, 6) is -1.53. The normalized spacial score (nSPS) is 18.3. The van der Waals surface area contributed by atoms with Gasteiger partial charge in [-0.2, -0.15) is 0 Å². The molecule has 190 valence electrons. The first-order valence-corrected chi connectivity index (χ1v) is 11.9. The Hall–Kier alpha value is -2.20. The Morgan fingerprint density at radius 3 is 2.26 bits per heavy atom. The molecule has 1 aromatic rings. The molecule has 10 heteroatoms. The molecule has 4 atom stereocenters. The number of rotatable bonds is 10. The van der Waals surface area contributed by atoms with Crippen LogP contribution in [0.2, 0.25) is 5.02 Å². The fourth-order valence-electron chi connectivity index (χ4n) is 3.91. The van der Waals surface area contributed by atoms with Gasteiger partial charge in [-0.15, -0.1) is 0 Å². The van der Waals surface area contributed by atoms with Crippen LogP contribution in [0.15, 0.2) is 24.3 Å². The zero-order valence-corrected chi connectivity index (χ0v) is 21.3. The van der Waals surface area contributed by atoms with E-state index in [-0.39, 0.29) is 24.9 Å². The van der Waals surface area contributed by atoms with E-state index in [1.807, 2.05) is 27.7 Å². The van der Waals surface area contributed by atoms with Crippen LogP contribution >= 0.6 is 11.6 Å². The van der Waals surface area contributed by atoms with E-state index in [0.717, 1.165) is 5.56 Å². The zero-order chi connectivity index (χ0) is 25.5. The standard InChI is InChI=1S/C24H37ClN4O5/c1-16(29(33)15-30)20(14-18-6-8-19(25)9-7-18)22(31)27-21(24(3,4)5)23(32)26-17(2)28-10-12-34-13-11-28/h6-9,15-17,20-21,33H,10-14H2,1-5H3,(H,26,32)(H,27,31)/t16-,17?,20+,21?/m0/s1. The van der Waals surface area contributed by atoms with Gasteiger partial charge in [-0.25, -0.2) is 5.06 Å². The van der Waals surface area contributed by atoms with Gasteiger partial charge in [-0.1, -0.05) is 44.5 Å². The Balaban J connectivity index is 2.20. The van der Waals surface area contributed by atoms with Crippen molar-refractivity contribution in [2.45, 2.75) is 59.3 Å². The number of morpholine rings is 1. The van der Waals surface area contributed by atoms with E-state index in [1.165, 1.54) is 0 Å². The summed E-state index contributed by atoms with van der Waals surface area (Å²) in [4.78, 5) is 40.0. The predicted molar refractivity (Wildman–Crippen MR) is 129 cm³/mol. The SMILES string of the molecule is CC(NC(=O)C(NC(=O)[C@H](Cc1ccc(Cl)cc1)[C@H](C)N(O)C=O)C(C)(C)C)N1CCOCC1. The van der Waals surface area contributed by atoms with Crippen LogP contribution in [-0.4, -0.2) is 77.9 Å². The van der Waals surface area contributed by atoms with E-state index < -0.39 is 29.3 Å². The Bertz CT molecular complexity index is 824. The third-order valence-electron chi connectivity index (χ3n) is 6.17. The van der Waals surface area contributed by atoms with Gasteiger partial charge in [0.15, 0.2) is 0 Å². The van der Waals surface area contributed by atoms with E-state index in [4.69, 9.17) is 16.3 Å². The molecule has 0 aromatic heterocycles. The predicted octanol–water partition coefficient (Wildman–Crippen LogP) is 2.06. The van der Waals surface area contributed by atoms with Crippen LogP contribution in [-0.2, 0) is 25.5 Å².